The first-order valence-electron chi connectivity index (χ1n) is 5.83. The summed E-state index contributed by atoms with van der Waals surface area (Å²) < 4.78 is 32.9. The molecule has 2 nitrogen and oxygen atoms in total. The summed E-state index contributed by atoms with van der Waals surface area (Å²) in [5.74, 6) is -1.35. The third kappa shape index (κ3) is 4.18. The third-order valence-corrected chi connectivity index (χ3v) is 3.55. The van der Waals surface area contributed by atoms with Crippen LogP contribution < -0.4 is 10.1 Å². The van der Waals surface area contributed by atoms with Crippen LogP contribution in [0.5, 0.6) is 5.75 Å². The molecule has 0 aliphatic heterocycles. The van der Waals surface area contributed by atoms with Crippen molar-refractivity contribution in [1.29, 1.82) is 0 Å². The first-order valence-corrected chi connectivity index (χ1v) is 7.41. The Labute approximate surface area is 132 Å². The zero-order valence-electron chi connectivity index (χ0n) is 10.3. The molecule has 2 aromatic rings. The molecule has 0 aliphatic rings. The van der Waals surface area contributed by atoms with Crippen LogP contribution in [-0.2, 0) is 0 Å². The molecule has 0 saturated carbocycles. The van der Waals surface area contributed by atoms with Gasteiger partial charge < -0.3 is 10.1 Å². The normalized spacial score (nSPS) is 10.4. The molecule has 0 fully saturated rings. The number of benzene rings is 2. The highest BCUT2D eigenvalue weighted by Crippen LogP contribution is 2.29. The Kier molecular flexibility index (Phi) is 5.37. The summed E-state index contributed by atoms with van der Waals surface area (Å²) in [5, 5.41) is 3.14. The second kappa shape index (κ2) is 7.04. The summed E-state index contributed by atoms with van der Waals surface area (Å²) in [6.07, 6.45) is 0. The zero-order valence-corrected chi connectivity index (χ0v) is 13.5. The van der Waals surface area contributed by atoms with Crippen molar-refractivity contribution in [3.05, 3.63) is 57.0 Å². The lowest BCUT2D eigenvalue weighted by atomic mass is 10.3. The predicted octanol–water partition coefficient (Wildman–Crippen LogP) is 4.98. The molecule has 106 valence electrons. The smallest absolute Gasteiger partial charge is 0.169 e. The topological polar surface area (TPSA) is 21.3 Å². The largest absolute Gasteiger partial charge is 0.487 e. The van der Waals surface area contributed by atoms with Gasteiger partial charge in [-0.05, 0) is 40.2 Å². The fraction of sp³-hybridized carbons (Fsp3) is 0.143. The molecule has 0 unspecified atom stereocenters. The van der Waals surface area contributed by atoms with Crippen molar-refractivity contribution >= 4 is 37.5 Å². The minimum atomic E-state index is -0.723. The van der Waals surface area contributed by atoms with Gasteiger partial charge in [0.2, 0.25) is 0 Å². The van der Waals surface area contributed by atoms with Crippen LogP contribution in [-0.4, -0.2) is 13.2 Å². The number of halogens is 4. The van der Waals surface area contributed by atoms with E-state index in [1.54, 1.807) is 0 Å². The lowest BCUT2D eigenvalue weighted by Crippen LogP contribution is -2.12. The Morgan fingerprint density at radius 3 is 2.60 bits per heavy atom. The number of nitrogens with one attached hydrogen (secondary N) is 1. The number of hydrogen-bond acceptors (Lipinski definition) is 2. The Balaban J connectivity index is 1.88. The van der Waals surface area contributed by atoms with E-state index in [1.807, 2.05) is 24.3 Å². The maximum atomic E-state index is 13.5. The Hall–Kier alpha value is -1.14. The molecule has 0 saturated heterocycles. The molecule has 0 amide bonds. The number of rotatable bonds is 5. The SMILES string of the molecule is Fc1cc(F)c(OCCNc2cccc(Br)c2)c(Br)c1. The summed E-state index contributed by atoms with van der Waals surface area (Å²) in [5.41, 5.74) is 0.932. The molecule has 20 heavy (non-hydrogen) atoms. The summed E-state index contributed by atoms with van der Waals surface area (Å²) in [6, 6.07) is 9.63. The monoisotopic (exact) mass is 405 g/mol. The van der Waals surface area contributed by atoms with Gasteiger partial charge in [-0.3, -0.25) is 0 Å². The molecule has 0 spiro atoms. The Bertz CT molecular complexity index is 584. The van der Waals surface area contributed by atoms with Crippen LogP contribution in [0.4, 0.5) is 14.5 Å². The van der Waals surface area contributed by atoms with Gasteiger partial charge in [0.1, 0.15) is 12.4 Å². The van der Waals surface area contributed by atoms with E-state index >= 15 is 0 Å². The zero-order chi connectivity index (χ0) is 14.5. The first kappa shape index (κ1) is 15.3. The molecule has 1 N–H and O–H groups in total. The standard InChI is InChI=1S/C14H11Br2F2NO/c15-9-2-1-3-11(6-9)19-4-5-20-14-12(16)7-10(17)8-13(14)18/h1-3,6-8,19H,4-5H2. The molecule has 0 aliphatic carbocycles. The maximum absolute atomic E-state index is 13.5. The van der Waals surface area contributed by atoms with Gasteiger partial charge in [0, 0.05) is 22.8 Å². The van der Waals surface area contributed by atoms with Crippen LogP contribution in [0.1, 0.15) is 0 Å². The van der Waals surface area contributed by atoms with Crippen molar-refractivity contribution in [2.24, 2.45) is 0 Å². The molecule has 0 bridgehead atoms. The average Bonchev–Trinajstić information content (AvgIpc) is 2.36. The average molecular weight is 407 g/mol. The van der Waals surface area contributed by atoms with Crippen LogP contribution in [0.15, 0.2) is 45.3 Å². The number of anilines is 1. The van der Waals surface area contributed by atoms with Gasteiger partial charge in [-0.15, -0.1) is 0 Å². The number of ether oxygens (including phenoxy) is 1. The van der Waals surface area contributed by atoms with Crippen molar-refractivity contribution in [3.63, 3.8) is 0 Å². The lowest BCUT2D eigenvalue weighted by Gasteiger charge is -2.11. The predicted molar refractivity (Wildman–Crippen MR) is 82.2 cm³/mol. The van der Waals surface area contributed by atoms with Gasteiger partial charge in [-0.1, -0.05) is 22.0 Å². The van der Waals surface area contributed by atoms with Crippen LogP contribution in [0, 0.1) is 11.6 Å². The van der Waals surface area contributed by atoms with E-state index in [-0.39, 0.29) is 16.8 Å². The van der Waals surface area contributed by atoms with Crippen LogP contribution in [0.25, 0.3) is 0 Å². The van der Waals surface area contributed by atoms with Gasteiger partial charge in [-0.25, -0.2) is 8.78 Å². The van der Waals surface area contributed by atoms with E-state index in [4.69, 9.17) is 4.74 Å². The Morgan fingerprint density at radius 1 is 1.10 bits per heavy atom. The second-order valence-electron chi connectivity index (χ2n) is 3.98. The molecule has 2 rings (SSSR count). The first-order chi connectivity index (χ1) is 9.56. The maximum Gasteiger partial charge on any atom is 0.169 e. The second-order valence-corrected chi connectivity index (χ2v) is 5.75. The van der Waals surface area contributed by atoms with Crippen LogP contribution in [0.2, 0.25) is 0 Å². The fourth-order valence-electron chi connectivity index (χ4n) is 1.61. The molecule has 0 radical (unpaired) electrons. The van der Waals surface area contributed by atoms with E-state index in [9.17, 15) is 8.78 Å². The highest BCUT2D eigenvalue weighted by atomic mass is 79.9. The molecule has 0 atom stereocenters. The summed E-state index contributed by atoms with van der Waals surface area (Å²) >= 11 is 6.44. The van der Waals surface area contributed by atoms with Crippen molar-refractivity contribution in [1.82, 2.24) is 0 Å². The highest BCUT2D eigenvalue weighted by molar-refractivity contribution is 9.10. The highest BCUT2D eigenvalue weighted by Gasteiger charge is 2.10. The van der Waals surface area contributed by atoms with E-state index < -0.39 is 11.6 Å². The molecule has 2 aromatic carbocycles. The number of hydrogen-bond donors (Lipinski definition) is 1. The summed E-state index contributed by atoms with van der Waals surface area (Å²) in [7, 11) is 0. The summed E-state index contributed by atoms with van der Waals surface area (Å²) in [6.45, 7) is 0.757. The van der Waals surface area contributed by atoms with Crippen molar-refractivity contribution in [3.8, 4) is 5.75 Å². The van der Waals surface area contributed by atoms with Crippen molar-refractivity contribution < 1.29 is 13.5 Å². The van der Waals surface area contributed by atoms with E-state index in [0.29, 0.717) is 6.54 Å². The minimum Gasteiger partial charge on any atom is -0.487 e. The van der Waals surface area contributed by atoms with Gasteiger partial charge in [0.05, 0.1) is 4.47 Å². The van der Waals surface area contributed by atoms with E-state index in [0.717, 1.165) is 16.2 Å². The van der Waals surface area contributed by atoms with Gasteiger partial charge in [0.25, 0.3) is 0 Å². The molecular formula is C14H11Br2F2NO. The molecular weight excluding hydrogens is 396 g/mol. The van der Waals surface area contributed by atoms with Gasteiger partial charge >= 0.3 is 0 Å². The van der Waals surface area contributed by atoms with E-state index in [2.05, 4.69) is 37.2 Å². The van der Waals surface area contributed by atoms with Gasteiger partial charge in [0.15, 0.2) is 11.6 Å². The summed E-state index contributed by atoms with van der Waals surface area (Å²) in [4.78, 5) is 0. The van der Waals surface area contributed by atoms with Crippen LogP contribution >= 0.6 is 31.9 Å². The third-order valence-electron chi connectivity index (χ3n) is 2.47. The lowest BCUT2D eigenvalue weighted by molar-refractivity contribution is 0.311. The van der Waals surface area contributed by atoms with Crippen LogP contribution in [0.3, 0.4) is 0 Å². The Morgan fingerprint density at radius 2 is 1.90 bits per heavy atom. The quantitative estimate of drug-likeness (QED) is 0.707. The van der Waals surface area contributed by atoms with Crippen molar-refractivity contribution in [2.75, 3.05) is 18.5 Å². The minimum absolute atomic E-state index is 0.0162. The molecule has 0 heterocycles. The molecule has 0 aromatic heterocycles. The fourth-order valence-corrected chi connectivity index (χ4v) is 2.54. The molecule has 6 heteroatoms. The van der Waals surface area contributed by atoms with E-state index in [1.165, 1.54) is 6.07 Å². The van der Waals surface area contributed by atoms with Gasteiger partial charge in [-0.2, -0.15) is 0 Å². The van der Waals surface area contributed by atoms with Crippen molar-refractivity contribution in [2.45, 2.75) is 0 Å².